The number of nitrogens with one attached hydrogen (secondary N) is 2. The number of nitrogens with two attached hydrogens (primary N) is 1. The van der Waals surface area contributed by atoms with E-state index in [4.69, 9.17) is 15.2 Å². The van der Waals surface area contributed by atoms with E-state index in [-0.39, 0.29) is 25.0 Å². The molecule has 1 heterocycles. The zero-order chi connectivity index (χ0) is 15.8. The van der Waals surface area contributed by atoms with Gasteiger partial charge in [0.2, 0.25) is 11.8 Å². The predicted molar refractivity (Wildman–Crippen MR) is 81.6 cm³/mol. The van der Waals surface area contributed by atoms with Crippen molar-refractivity contribution in [1.29, 1.82) is 0 Å². The number of rotatable bonds is 7. The lowest BCUT2D eigenvalue weighted by Crippen LogP contribution is -2.40. The summed E-state index contributed by atoms with van der Waals surface area (Å²) >= 11 is 0. The number of amides is 2. The van der Waals surface area contributed by atoms with Crippen LogP contribution >= 0.6 is 0 Å². The van der Waals surface area contributed by atoms with Gasteiger partial charge in [0.15, 0.2) is 0 Å². The maximum absolute atomic E-state index is 11.9. The van der Waals surface area contributed by atoms with E-state index in [0.717, 1.165) is 6.54 Å². The van der Waals surface area contributed by atoms with Gasteiger partial charge in [-0.1, -0.05) is 0 Å². The van der Waals surface area contributed by atoms with Gasteiger partial charge >= 0.3 is 0 Å². The average molecular weight is 307 g/mol. The summed E-state index contributed by atoms with van der Waals surface area (Å²) in [7, 11) is 0. The molecule has 7 nitrogen and oxygen atoms in total. The molecule has 7 heteroatoms. The van der Waals surface area contributed by atoms with Crippen LogP contribution in [0.1, 0.15) is 12.8 Å². The fourth-order valence-electron chi connectivity index (χ4n) is 2.07. The quantitative estimate of drug-likeness (QED) is 0.670. The summed E-state index contributed by atoms with van der Waals surface area (Å²) in [6.45, 7) is 2.40. The van der Waals surface area contributed by atoms with Crippen LogP contribution in [0, 0.1) is 0 Å². The van der Waals surface area contributed by atoms with Gasteiger partial charge in [0.1, 0.15) is 5.75 Å². The number of hydrogen-bond donors (Lipinski definition) is 3. The van der Waals surface area contributed by atoms with Gasteiger partial charge in [-0.3, -0.25) is 9.59 Å². The highest BCUT2D eigenvalue weighted by Gasteiger charge is 2.17. The van der Waals surface area contributed by atoms with Crippen LogP contribution in [0.4, 0.5) is 5.69 Å². The molecular formula is C15H21N3O4. The van der Waals surface area contributed by atoms with E-state index in [1.165, 1.54) is 0 Å². The molecular weight excluding hydrogens is 286 g/mol. The third-order valence-corrected chi connectivity index (χ3v) is 3.17. The first kappa shape index (κ1) is 16.3. The Hall–Kier alpha value is -2.12. The Morgan fingerprint density at radius 1 is 1.36 bits per heavy atom. The van der Waals surface area contributed by atoms with Gasteiger partial charge < -0.3 is 25.8 Å². The Morgan fingerprint density at radius 2 is 2.14 bits per heavy atom. The molecule has 1 atom stereocenters. The predicted octanol–water partition coefficient (Wildman–Crippen LogP) is 0.258. The third-order valence-electron chi connectivity index (χ3n) is 3.17. The molecule has 1 aliphatic rings. The molecule has 2 amide bonds. The molecule has 0 radical (unpaired) electrons. The number of morpholine rings is 1. The Bertz CT molecular complexity index is 498. The highest BCUT2D eigenvalue weighted by molar-refractivity contribution is 5.91. The zero-order valence-corrected chi connectivity index (χ0v) is 12.3. The molecule has 0 aromatic heterocycles. The van der Waals surface area contributed by atoms with Crippen molar-refractivity contribution in [2.24, 2.45) is 5.73 Å². The van der Waals surface area contributed by atoms with Crippen LogP contribution in [0.3, 0.4) is 0 Å². The van der Waals surface area contributed by atoms with Crippen LogP contribution < -0.4 is 21.1 Å². The summed E-state index contributed by atoms with van der Waals surface area (Å²) in [6.07, 6.45) is 0.419. The fraction of sp³-hybridized carbons (Fsp3) is 0.467. The van der Waals surface area contributed by atoms with Crippen molar-refractivity contribution in [3.05, 3.63) is 24.3 Å². The minimum Gasteiger partial charge on any atom is -0.493 e. The van der Waals surface area contributed by atoms with E-state index >= 15 is 0 Å². The first-order valence-electron chi connectivity index (χ1n) is 7.27. The van der Waals surface area contributed by atoms with E-state index in [9.17, 15) is 9.59 Å². The summed E-state index contributed by atoms with van der Waals surface area (Å²) in [5.41, 5.74) is 5.72. The molecule has 0 aliphatic carbocycles. The SMILES string of the molecule is NC(=O)CCOc1ccc(NC(=O)CC2CNCCO2)cc1. The number of ether oxygens (including phenoxy) is 2. The van der Waals surface area contributed by atoms with E-state index in [1.54, 1.807) is 24.3 Å². The number of carbonyl (C=O) groups excluding carboxylic acids is 2. The number of benzene rings is 1. The van der Waals surface area contributed by atoms with Crippen LogP contribution in [-0.4, -0.2) is 44.2 Å². The standard InChI is InChI=1S/C15H21N3O4/c16-14(19)5-7-21-12-3-1-11(2-4-12)18-15(20)9-13-10-17-6-8-22-13/h1-4,13,17H,5-10H2,(H2,16,19)(H,18,20). The summed E-state index contributed by atoms with van der Waals surface area (Å²) in [5, 5.41) is 6.00. The van der Waals surface area contributed by atoms with Gasteiger partial charge in [-0.05, 0) is 24.3 Å². The Balaban J connectivity index is 1.75. The molecule has 1 fully saturated rings. The molecule has 1 saturated heterocycles. The molecule has 2 rings (SSSR count). The highest BCUT2D eigenvalue weighted by Crippen LogP contribution is 2.16. The molecule has 0 bridgehead atoms. The van der Waals surface area contributed by atoms with Gasteiger partial charge in [-0.25, -0.2) is 0 Å². The summed E-state index contributed by atoms with van der Waals surface area (Å²) in [4.78, 5) is 22.5. The minimum atomic E-state index is -0.400. The molecule has 1 aromatic carbocycles. The zero-order valence-electron chi connectivity index (χ0n) is 12.3. The van der Waals surface area contributed by atoms with Gasteiger partial charge in [0, 0.05) is 18.8 Å². The fourth-order valence-corrected chi connectivity index (χ4v) is 2.07. The first-order chi connectivity index (χ1) is 10.6. The lowest BCUT2D eigenvalue weighted by atomic mass is 10.2. The maximum Gasteiger partial charge on any atom is 0.227 e. The van der Waals surface area contributed by atoms with Crippen LogP contribution in [0.25, 0.3) is 0 Å². The smallest absolute Gasteiger partial charge is 0.227 e. The monoisotopic (exact) mass is 307 g/mol. The minimum absolute atomic E-state index is 0.0786. The number of anilines is 1. The van der Waals surface area contributed by atoms with Crippen molar-refractivity contribution >= 4 is 17.5 Å². The summed E-state index contributed by atoms with van der Waals surface area (Å²) < 4.78 is 10.8. The molecule has 1 aliphatic heterocycles. The Morgan fingerprint density at radius 3 is 2.77 bits per heavy atom. The Labute approximate surface area is 129 Å². The van der Waals surface area contributed by atoms with Crippen molar-refractivity contribution in [1.82, 2.24) is 5.32 Å². The third kappa shape index (κ3) is 5.71. The topological polar surface area (TPSA) is 103 Å². The molecule has 1 aromatic rings. The summed E-state index contributed by atoms with van der Waals surface area (Å²) in [5.74, 6) is 0.137. The average Bonchev–Trinajstić information content (AvgIpc) is 2.49. The van der Waals surface area contributed by atoms with Crippen LogP contribution in [0.5, 0.6) is 5.75 Å². The second-order valence-electron chi connectivity index (χ2n) is 5.04. The second-order valence-corrected chi connectivity index (χ2v) is 5.04. The van der Waals surface area contributed by atoms with Crippen LogP contribution in [-0.2, 0) is 14.3 Å². The molecule has 1 unspecified atom stereocenters. The van der Waals surface area contributed by atoms with Crippen molar-refractivity contribution in [3.63, 3.8) is 0 Å². The number of hydrogen-bond acceptors (Lipinski definition) is 5. The molecule has 0 spiro atoms. The lowest BCUT2D eigenvalue weighted by Gasteiger charge is -2.23. The van der Waals surface area contributed by atoms with E-state index in [2.05, 4.69) is 10.6 Å². The van der Waals surface area contributed by atoms with Crippen molar-refractivity contribution in [2.75, 3.05) is 31.6 Å². The Kier molecular flexibility index (Phi) is 6.17. The van der Waals surface area contributed by atoms with E-state index < -0.39 is 5.91 Å². The molecule has 22 heavy (non-hydrogen) atoms. The highest BCUT2D eigenvalue weighted by atomic mass is 16.5. The van der Waals surface area contributed by atoms with Gasteiger partial charge in [0.05, 0.1) is 32.2 Å². The maximum atomic E-state index is 11.9. The lowest BCUT2D eigenvalue weighted by molar-refractivity contribution is -0.120. The van der Waals surface area contributed by atoms with Gasteiger partial charge in [-0.2, -0.15) is 0 Å². The molecule has 120 valence electrons. The molecule has 4 N–H and O–H groups in total. The number of carbonyl (C=O) groups is 2. The van der Waals surface area contributed by atoms with Gasteiger partial charge in [0.25, 0.3) is 0 Å². The second kappa shape index (κ2) is 8.35. The summed E-state index contributed by atoms with van der Waals surface area (Å²) in [6, 6.07) is 6.96. The first-order valence-corrected chi connectivity index (χ1v) is 7.27. The van der Waals surface area contributed by atoms with Crippen LogP contribution in [0.2, 0.25) is 0 Å². The van der Waals surface area contributed by atoms with Crippen molar-refractivity contribution < 1.29 is 19.1 Å². The van der Waals surface area contributed by atoms with Gasteiger partial charge in [-0.15, -0.1) is 0 Å². The molecule has 0 saturated carbocycles. The largest absolute Gasteiger partial charge is 0.493 e. The normalized spacial score (nSPS) is 17.7. The van der Waals surface area contributed by atoms with E-state index in [1.807, 2.05) is 0 Å². The number of primary amides is 1. The van der Waals surface area contributed by atoms with E-state index in [0.29, 0.717) is 31.0 Å². The van der Waals surface area contributed by atoms with Crippen molar-refractivity contribution in [3.8, 4) is 5.75 Å². The van der Waals surface area contributed by atoms with Crippen molar-refractivity contribution in [2.45, 2.75) is 18.9 Å². The van der Waals surface area contributed by atoms with Crippen LogP contribution in [0.15, 0.2) is 24.3 Å².